The van der Waals surface area contributed by atoms with Crippen molar-refractivity contribution >= 4 is 64.6 Å². The number of hydrogen-bond acceptors (Lipinski definition) is 9. The first-order chi connectivity index (χ1) is 18.9. The van der Waals surface area contributed by atoms with Gasteiger partial charge in [0.1, 0.15) is 24.2 Å². The van der Waals surface area contributed by atoms with Crippen molar-refractivity contribution in [1.82, 2.24) is 5.32 Å². The van der Waals surface area contributed by atoms with E-state index < -0.39 is 58.2 Å². The summed E-state index contributed by atoms with van der Waals surface area (Å²) in [6, 6.07) is 16.1. The molecule has 218 valence electrons. The van der Waals surface area contributed by atoms with Crippen LogP contribution in [0.4, 0.5) is 4.79 Å². The summed E-state index contributed by atoms with van der Waals surface area (Å²) in [4.78, 5) is 37.9. The van der Waals surface area contributed by atoms with Crippen molar-refractivity contribution in [1.29, 1.82) is 0 Å². The molecule has 0 saturated carbocycles. The fourth-order valence-corrected chi connectivity index (χ4v) is 5.18. The highest BCUT2D eigenvalue weighted by molar-refractivity contribution is 7.99. The van der Waals surface area contributed by atoms with E-state index >= 15 is 0 Å². The lowest BCUT2D eigenvalue weighted by molar-refractivity contribution is -0.205. The molecule has 1 heterocycles. The van der Waals surface area contributed by atoms with Gasteiger partial charge in [0.15, 0.2) is 12.2 Å². The Morgan fingerprint density at radius 1 is 0.950 bits per heavy atom. The molecular weight excluding hydrogens is 605 g/mol. The van der Waals surface area contributed by atoms with Crippen molar-refractivity contribution < 1.29 is 38.1 Å². The van der Waals surface area contributed by atoms with E-state index in [1.54, 1.807) is 0 Å². The molecule has 40 heavy (non-hydrogen) atoms. The summed E-state index contributed by atoms with van der Waals surface area (Å²) in [6.07, 6.45) is -4.08. The van der Waals surface area contributed by atoms with Gasteiger partial charge in [-0.15, -0.1) is 0 Å². The molecule has 1 N–H and O–H groups in total. The third-order valence-corrected chi connectivity index (χ3v) is 7.06. The second-order valence-electron chi connectivity index (χ2n) is 8.98. The summed E-state index contributed by atoms with van der Waals surface area (Å²) in [5.41, 5.74) is 1.16. The number of carbonyl (C=O) groups is 3. The van der Waals surface area contributed by atoms with Crippen molar-refractivity contribution in [2.24, 2.45) is 0 Å². The molecule has 13 heteroatoms. The summed E-state index contributed by atoms with van der Waals surface area (Å²) in [5.74, 6) is -1.29. The molecule has 3 rings (SSSR count). The number of carbonyl (C=O) groups excluding carboxylic acids is 3. The minimum atomic E-state index is -1.84. The number of rotatable bonds is 10. The highest BCUT2D eigenvalue weighted by atomic mass is 35.6. The van der Waals surface area contributed by atoms with Crippen LogP contribution in [0.25, 0.3) is 0 Å². The van der Waals surface area contributed by atoms with Crippen LogP contribution in [0.3, 0.4) is 0 Å². The van der Waals surface area contributed by atoms with Crippen LogP contribution in [0.1, 0.15) is 25.0 Å². The number of ether oxygens (including phenoxy) is 5. The maximum Gasteiger partial charge on any atom is 0.407 e. The van der Waals surface area contributed by atoms with Gasteiger partial charge in [0.25, 0.3) is 0 Å². The first-order valence-electron chi connectivity index (χ1n) is 12.3. The summed E-state index contributed by atoms with van der Waals surface area (Å²) < 4.78 is 26.7. The van der Waals surface area contributed by atoms with Crippen molar-refractivity contribution in [3.63, 3.8) is 0 Å². The van der Waals surface area contributed by atoms with Gasteiger partial charge in [0.05, 0.1) is 13.2 Å². The molecule has 9 nitrogen and oxygen atoms in total. The molecule has 0 radical (unpaired) electrons. The standard InChI is InChI=1S/C27H30Cl3NO8S/c1-16-9-11-20(12-10-16)40-25-24(38-18(3)33)23(37-17(2)32)22(31-26(34)36-15-27(28,29)30)21(39-25)14-35-13-19-7-5-4-6-8-19/h4-12,21-25H,13-15H2,1-3H3,(H,31,34)/t21-,22+,23+,24-,25+/m1/s1. The Labute approximate surface area is 252 Å². The first-order valence-corrected chi connectivity index (χ1v) is 14.3. The lowest BCUT2D eigenvalue weighted by atomic mass is 9.96. The second kappa shape index (κ2) is 15.1. The lowest BCUT2D eigenvalue weighted by Gasteiger charge is -2.45. The predicted molar refractivity (Wildman–Crippen MR) is 151 cm³/mol. The van der Waals surface area contributed by atoms with Crippen LogP contribution in [-0.2, 0) is 39.9 Å². The lowest BCUT2D eigenvalue weighted by Crippen LogP contribution is -2.65. The smallest absolute Gasteiger partial charge is 0.407 e. The molecule has 0 spiro atoms. The van der Waals surface area contributed by atoms with Crippen LogP contribution in [0, 0.1) is 6.92 Å². The number of aryl methyl sites for hydroxylation is 1. The van der Waals surface area contributed by atoms with E-state index in [9.17, 15) is 14.4 Å². The van der Waals surface area contributed by atoms with Gasteiger partial charge in [-0.2, -0.15) is 0 Å². The number of thioether (sulfide) groups is 1. The molecule has 2 aromatic carbocycles. The van der Waals surface area contributed by atoms with Crippen LogP contribution in [0.2, 0.25) is 0 Å². The van der Waals surface area contributed by atoms with Gasteiger partial charge in [-0.25, -0.2) is 4.79 Å². The van der Waals surface area contributed by atoms with E-state index in [2.05, 4.69) is 5.32 Å². The van der Waals surface area contributed by atoms with Crippen LogP contribution in [0.5, 0.6) is 0 Å². The molecule has 1 aliphatic heterocycles. The van der Waals surface area contributed by atoms with E-state index in [0.29, 0.717) is 0 Å². The Bertz CT molecular complexity index is 1130. The van der Waals surface area contributed by atoms with Crippen LogP contribution in [-0.4, -0.2) is 64.8 Å². The number of esters is 2. The van der Waals surface area contributed by atoms with E-state index in [1.165, 1.54) is 25.6 Å². The Kier molecular flexibility index (Phi) is 12.2. The number of hydrogen-bond donors (Lipinski definition) is 1. The normalized spacial score (nSPS) is 22.7. The monoisotopic (exact) mass is 633 g/mol. The quantitative estimate of drug-likeness (QED) is 0.210. The predicted octanol–water partition coefficient (Wildman–Crippen LogP) is 5.36. The maximum absolute atomic E-state index is 12.7. The Balaban J connectivity index is 1.91. The van der Waals surface area contributed by atoms with Gasteiger partial charge in [-0.3, -0.25) is 9.59 Å². The van der Waals surface area contributed by atoms with Gasteiger partial charge in [-0.05, 0) is 24.6 Å². The number of nitrogens with one attached hydrogen (secondary N) is 1. The van der Waals surface area contributed by atoms with Crippen LogP contribution >= 0.6 is 46.6 Å². The molecule has 1 saturated heterocycles. The second-order valence-corrected chi connectivity index (χ2v) is 12.7. The largest absolute Gasteiger partial charge is 0.456 e. The van der Waals surface area contributed by atoms with Crippen molar-refractivity contribution in [3.8, 4) is 0 Å². The highest BCUT2D eigenvalue weighted by Gasteiger charge is 2.51. The van der Waals surface area contributed by atoms with Crippen molar-refractivity contribution in [2.75, 3.05) is 13.2 Å². The van der Waals surface area contributed by atoms with E-state index in [4.69, 9.17) is 58.5 Å². The Morgan fingerprint density at radius 2 is 1.57 bits per heavy atom. The molecule has 0 aliphatic carbocycles. The van der Waals surface area contributed by atoms with Crippen LogP contribution in [0.15, 0.2) is 59.5 Å². The molecule has 1 aliphatic rings. The van der Waals surface area contributed by atoms with Gasteiger partial charge >= 0.3 is 18.0 Å². The molecule has 5 atom stereocenters. The highest BCUT2D eigenvalue weighted by Crippen LogP contribution is 2.37. The molecule has 2 aromatic rings. The van der Waals surface area contributed by atoms with Gasteiger partial charge < -0.3 is 29.0 Å². The number of amides is 1. The first kappa shape index (κ1) is 32.3. The maximum atomic E-state index is 12.7. The van der Waals surface area contributed by atoms with E-state index in [0.717, 1.165) is 16.0 Å². The molecule has 1 amide bonds. The fraction of sp³-hybridized carbons (Fsp3) is 0.444. The minimum Gasteiger partial charge on any atom is -0.456 e. The number of alkyl halides is 3. The van der Waals surface area contributed by atoms with Crippen molar-refractivity contribution in [2.45, 2.75) is 65.9 Å². The fourth-order valence-electron chi connectivity index (χ4n) is 3.91. The molecular formula is C27H30Cl3NO8S. The molecule has 0 bridgehead atoms. The average molecular weight is 635 g/mol. The zero-order valence-electron chi connectivity index (χ0n) is 22.0. The third kappa shape index (κ3) is 10.6. The summed E-state index contributed by atoms with van der Waals surface area (Å²) in [6.45, 7) is 4.10. The van der Waals surface area contributed by atoms with E-state index in [-0.39, 0.29) is 13.2 Å². The number of halogens is 3. The minimum absolute atomic E-state index is 0.0141. The summed E-state index contributed by atoms with van der Waals surface area (Å²) in [7, 11) is 0. The molecule has 0 aromatic heterocycles. The molecule has 1 fully saturated rings. The Morgan fingerprint density at radius 3 is 2.17 bits per heavy atom. The van der Waals surface area contributed by atoms with Crippen LogP contribution < -0.4 is 5.32 Å². The zero-order chi connectivity index (χ0) is 29.3. The van der Waals surface area contributed by atoms with Gasteiger partial charge in [-0.1, -0.05) is 94.6 Å². The van der Waals surface area contributed by atoms with E-state index in [1.807, 2.05) is 61.5 Å². The van der Waals surface area contributed by atoms with Gasteiger partial charge in [0.2, 0.25) is 3.79 Å². The summed E-state index contributed by atoms with van der Waals surface area (Å²) in [5, 5.41) is 2.62. The Hall–Kier alpha value is -2.21. The number of alkyl carbamates (subject to hydrolysis) is 1. The summed E-state index contributed by atoms with van der Waals surface area (Å²) >= 11 is 18.4. The average Bonchev–Trinajstić information content (AvgIpc) is 2.88. The zero-order valence-corrected chi connectivity index (χ0v) is 25.1. The van der Waals surface area contributed by atoms with Crippen molar-refractivity contribution in [3.05, 3.63) is 65.7 Å². The topological polar surface area (TPSA) is 109 Å². The SMILES string of the molecule is CC(=O)O[C@@H]1[C@@H](OC(C)=O)[C@@H](NC(=O)OCC(Cl)(Cl)Cl)[C@@H](COCc2ccccc2)O[C@H]1Sc1ccc(C)cc1. The van der Waals surface area contributed by atoms with Gasteiger partial charge in [0, 0.05) is 18.7 Å². The third-order valence-electron chi connectivity index (χ3n) is 5.58. The number of benzene rings is 2. The molecule has 0 unspecified atom stereocenters.